The maximum Gasteiger partial charge on any atom is 0.0485 e. The SMILES string of the molecule is Cc1ccc(N[C@H](C)c2cccc(C)c2)cc1. The quantitative estimate of drug-likeness (QED) is 0.812. The van der Waals surface area contributed by atoms with Crippen molar-refractivity contribution in [2.24, 2.45) is 0 Å². The Balaban J connectivity index is 2.11. The van der Waals surface area contributed by atoms with Gasteiger partial charge in [0.15, 0.2) is 0 Å². The molecule has 0 aromatic heterocycles. The van der Waals surface area contributed by atoms with Crippen LogP contribution in [0, 0.1) is 13.8 Å². The van der Waals surface area contributed by atoms with Gasteiger partial charge in [-0.15, -0.1) is 0 Å². The fourth-order valence-corrected chi connectivity index (χ4v) is 1.92. The van der Waals surface area contributed by atoms with E-state index in [0.29, 0.717) is 6.04 Å². The van der Waals surface area contributed by atoms with E-state index in [1.807, 2.05) is 0 Å². The fraction of sp³-hybridized carbons (Fsp3) is 0.250. The minimum Gasteiger partial charge on any atom is -0.379 e. The zero-order valence-electron chi connectivity index (χ0n) is 10.7. The zero-order chi connectivity index (χ0) is 12.3. The van der Waals surface area contributed by atoms with Crippen LogP contribution in [0.25, 0.3) is 0 Å². The van der Waals surface area contributed by atoms with Gasteiger partial charge in [-0.05, 0) is 38.5 Å². The van der Waals surface area contributed by atoms with Crippen LogP contribution in [0.3, 0.4) is 0 Å². The first-order valence-electron chi connectivity index (χ1n) is 6.05. The van der Waals surface area contributed by atoms with Crippen molar-refractivity contribution in [3.05, 3.63) is 65.2 Å². The van der Waals surface area contributed by atoms with Gasteiger partial charge in [-0.25, -0.2) is 0 Å². The molecule has 0 aliphatic rings. The Morgan fingerprint density at radius 3 is 2.24 bits per heavy atom. The largest absolute Gasteiger partial charge is 0.379 e. The van der Waals surface area contributed by atoms with E-state index in [0.717, 1.165) is 0 Å². The first-order chi connectivity index (χ1) is 8.15. The van der Waals surface area contributed by atoms with Crippen LogP contribution in [0.15, 0.2) is 48.5 Å². The molecular weight excluding hydrogens is 206 g/mol. The van der Waals surface area contributed by atoms with Gasteiger partial charge in [-0.3, -0.25) is 0 Å². The molecule has 1 atom stereocenters. The summed E-state index contributed by atoms with van der Waals surface area (Å²) in [6.45, 7) is 6.42. The molecule has 0 amide bonds. The molecule has 2 aromatic carbocycles. The van der Waals surface area contributed by atoms with Crippen molar-refractivity contribution in [2.75, 3.05) is 5.32 Å². The van der Waals surface area contributed by atoms with Gasteiger partial charge < -0.3 is 5.32 Å². The van der Waals surface area contributed by atoms with Crippen molar-refractivity contribution >= 4 is 5.69 Å². The summed E-state index contributed by atoms with van der Waals surface area (Å²) in [5.74, 6) is 0. The van der Waals surface area contributed by atoms with E-state index in [1.54, 1.807) is 0 Å². The topological polar surface area (TPSA) is 12.0 Å². The summed E-state index contributed by atoms with van der Waals surface area (Å²) < 4.78 is 0. The maximum absolute atomic E-state index is 3.51. The smallest absolute Gasteiger partial charge is 0.0485 e. The molecule has 0 aliphatic heterocycles. The highest BCUT2D eigenvalue weighted by Crippen LogP contribution is 2.20. The van der Waals surface area contributed by atoms with Gasteiger partial charge in [-0.1, -0.05) is 47.5 Å². The van der Waals surface area contributed by atoms with Crippen LogP contribution in [0.4, 0.5) is 5.69 Å². The maximum atomic E-state index is 3.51. The van der Waals surface area contributed by atoms with Gasteiger partial charge in [0.25, 0.3) is 0 Å². The average molecular weight is 225 g/mol. The lowest BCUT2D eigenvalue weighted by molar-refractivity contribution is 0.883. The van der Waals surface area contributed by atoms with Crippen molar-refractivity contribution in [3.8, 4) is 0 Å². The van der Waals surface area contributed by atoms with E-state index < -0.39 is 0 Å². The molecule has 2 rings (SSSR count). The van der Waals surface area contributed by atoms with Crippen LogP contribution < -0.4 is 5.32 Å². The van der Waals surface area contributed by atoms with Gasteiger partial charge in [0.1, 0.15) is 0 Å². The second-order valence-electron chi connectivity index (χ2n) is 4.65. The second-order valence-corrected chi connectivity index (χ2v) is 4.65. The lowest BCUT2D eigenvalue weighted by Gasteiger charge is -2.16. The standard InChI is InChI=1S/C16H19N/c1-12-7-9-16(10-8-12)17-14(3)15-6-4-5-13(2)11-15/h4-11,14,17H,1-3H3/t14-/m1/s1. The van der Waals surface area contributed by atoms with Crippen molar-refractivity contribution in [1.82, 2.24) is 0 Å². The normalized spacial score (nSPS) is 12.2. The molecule has 0 fully saturated rings. The molecule has 0 saturated carbocycles. The number of hydrogen-bond acceptors (Lipinski definition) is 1. The molecule has 2 aromatic rings. The highest BCUT2D eigenvalue weighted by molar-refractivity contribution is 5.46. The number of nitrogens with one attached hydrogen (secondary N) is 1. The lowest BCUT2D eigenvalue weighted by atomic mass is 10.1. The zero-order valence-corrected chi connectivity index (χ0v) is 10.7. The van der Waals surface area contributed by atoms with Crippen LogP contribution in [0.5, 0.6) is 0 Å². The number of aryl methyl sites for hydroxylation is 2. The van der Waals surface area contributed by atoms with Crippen molar-refractivity contribution in [1.29, 1.82) is 0 Å². The molecule has 1 nitrogen and oxygen atoms in total. The van der Waals surface area contributed by atoms with Crippen molar-refractivity contribution in [2.45, 2.75) is 26.8 Å². The van der Waals surface area contributed by atoms with Crippen LogP contribution >= 0.6 is 0 Å². The Bertz CT molecular complexity index is 485. The number of anilines is 1. The van der Waals surface area contributed by atoms with Gasteiger partial charge in [-0.2, -0.15) is 0 Å². The van der Waals surface area contributed by atoms with Crippen LogP contribution in [-0.2, 0) is 0 Å². The minimum atomic E-state index is 0.331. The summed E-state index contributed by atoms with van der Waals surface area (Å²) >= 11 is 0. The fourth-order valence-electron chi connectivity index (χ4n) is 1.92. The monoisotopic (exact) mass is 225 g/mol. The Morgan fingerprint density at radius 1 is 0.882 bits per heavy atom. The molecule has 1 heteroatoms. The third-order valence-corrected chi connectivity index (χ3v) is 2.98. The van der Waals surface area contributed by atoms with Gasteiger partial charge in [0, 0.05) is 11.7 Å². The second kappa shape index (κ2) is 5.05. The highest BCUT2D eigenvalue weighted by Gasteiger charge is 2.04. The van der Waals surface area contributed by atoms with E-state index in [-0.39, 0.29) is 0 Å². The number of hydrogen-bond donors (Lipinski definition) is 1. The highest BCUT2D eigenvalue weighted by atomic mass is 14.9. The summed E-state index contributed by atoms with van der Waals surface area (Å²) in [7, 11) is 0. The Kier molecular flexibility index (Phi) is 3.48. The van der Waals surface area contributed by atoms with E-state index in [1.165, 1.54) is 22.4 Å². The van der Waals surface area contributed by atoms with Crippen LogP contribution in [0.2, 0.25) is 0 Å². The van der Waals surface area contributed by atoms with Crippen LogP contribution in [0.1, 0.15) is 29.7 Å². The summed E-state index contributed by atoms with van der Waals surface area (Å²) in [6, 6.07) is 17.5. The van der Waals surface area contributed by atoms with Crippen molar-refractivity contribution < 1.29 is 0 Å². The summed E-state index contributed by atoms with van der Waals surface area (Å²) in [5.41, 5.74) is 5.09. The average Bonchev–Trinajstić information content (AvgIpc) is 2.32. The predicted octanol–water partition coefficient (Wildman–Crippen LogP) is 4.48. The van der Waals surface area contributed by atoms with E-state index in [4.69, 9.17) is 0 Å². The molecule has 1 N–H and O–H groups in total. The van der Waals surface area contributed by atoms with Gasteiger partial charge in [0.2, 0.25) is 0 Å². The third-order valence-electron chi connectivity index (χ3n) is 2.98. The Morgan fingerprint density at radius 2 is 1.59 bits per heavy atom. The molecule has 0 radical (unpaired) electrons. The molecular formula is C16H19N. The molecule has 0 heterocycles. The van der Waals surface area contributed by atoms with E-state index >= 15 is 0 Å². The molecule has 0 saturated heterocycles. The first kappa shape index (κ1) is 11.7. The molecule has 0 aliphatic carbocycles. The molecule has 0 unspecified atom stereocenters. The van der Waals surface area contributed by atoms with Crippen molar-refractivity contribution in [3.63, 3.8) is 0 Å². The minimum absolute atomic E-state index is 0.331. The van der Waals surface area contributed by atoms with Crippen LogP contribution in [-0.4, -0.2) is 0 Å². The summed E-state index contributed by atoms with van der Waals surface area (Å²) in [4.78, 5) is 0. The summed E-state index contributed by atoms with van der Waals surface area (Å²) in [5, 5.41) is 3.51. The number of rotatable bonds is 3. The first-order valence-corrected chi connectivity index (χ1v) is 6.05. The van der Waals surface area contributed by atoms with E-state index in [2.05, 4.69) is 74.6 Å². The Labute approximate surface area is 103 Å². The molecule has 88 valence electrons. The number of benzene rings is 2. The third kappa shape index (κ3) is 3.10. The van der Waals surface area contributed by atoms with E-state index in [9.17, 15) is 0 Å². The molecule has 17 heavy (non-hydrogen) atoms. The summed E-state index contributed by atoms with van der Waals surface area (Å²) in [6.07, 6.45) is 0. The predicted molar refractivity (Wildman–Crippen MR) is 74.4 cm³/mol. The van der Waals surface area contributed by atoms with Gasteiger partial charge in [0.05, 0.1) is 0 Å². The Hall–Kier alpha value is -1.76. The lowest BCUT2D eigenvalue weighted by Crippen LogP contribution is -2.06. The molecule has 0 bridgehead atoms. The van der Waals surface area contributed by atoms with Gasteiger partial charge >= 0.3 is 0 Å². The molecule has 0 spiro atoms.